The van der Waals surface area contributed by atoms with E-state index in [-0.39, 0.29) is 0 Å². The Kier molecular flexibility index (Phi) is 6.59. The van der Waals surface area contributed by atoms with E-state index in [2.05, 4.69) is 70.0 Å². The average Bonchev–Trinajstić information content (AvgIpc) is 2.71. The normalized spacial score (nSPS) is 10.5. The van der Waals surface area contributed by atoms with Crippen LogP contribution in [0, 0.1) is 0 Å². The molecule has 26 heavy (non-hydrogen) atoms. The van der Waals surface area contributed by atoms with Gasteiger partial charge in [-0.2, -0.15) is 4.98 Å². The Labute approximate surface area is 155 Å². The lowest BCUT2D eigenvalue weighted by Gasteiger charge is -2.11. The fourth-order valence-electron chi connectivity index (χ4n) is 2.76. The van der Waals surface area contributed by atoms with Gasteiger partial charge in [-0.3, -0.25) is 0 Å². The molecule has 0 unspecified atom stereocenters. The smallest absolute Gasteiger partial charge is 0.225 e. The number of rotatable bonds is 9. The van der Waals surface area contributed by atoms with E-state index in [1.165, 1.54) is 5.56 Å². The number of nitrogens with one attached hydrogen (secondary N) is 2. The molecule has 0 saturated carbocycles. The van der Waals surface area contributed by atoms with Crippen LogP contribution in [-0.2, 0) is 6.42 Å². The number of hydrogen-bond acceptors (Lipinski definition) is 4. The Morgan fingerprint density at radius 1 is 0.808 bits per heavy atom. The highest BCUT2D eigenvalue weighted by molar-refractivity contribution is 5.64. The van der Waals surface area contributed by atoms with Crippen molar-refractivity contribution >= 4 is 11.8 Å². The molecule has 0 aliphatic carbocycles. The Morgan fingerprint density at radius 3 is 2.27 bits per heavy atom. The lowest BCUT2D eigenvalue weighted by Crippen LogP contribution is -2.09. The van der Waals surface area contributed by atoms with Crippen LogP contribution >= 0.6 is 0 Å². The van der Waals surface area contributed by atoms with Gasteiger partial charge in [0, 0.05) is 24.7 Å². The molecule has 2 N–H and O–H groups in total. The van der Waals surface area contributed by atoms with E-state index in [1.54, 1.807) is 0 Å². The second-order valence-corrected chi connectivity index (χ2v) is 6.27. The summed E-state index contributed by atoms with van der Waals surface area (Å²) < 4.78 is 0. The van der Waals surface area contributed by atoms with Crippen molar-refractivity contribution in [1.82, 2.24) is 9.97 Å². The van der Waals surface area contributed by atoms with Gasteiger partial charge in [0.2, 0.25) is 5.95 Å². The summed E-state index contributed by atoms with van der Waals surface area (Å²) in [6.07, 6.45) is 3.16. The van der Waals surface area contributed by atoms with Crippen molar-refractivity contribution in [2.24, 2.45) is 0 Å². The highest BCUT2D eigenvalue weighted by atomic mass is 15.1. The van der Waals surface area contributed by atoms with Gasteiger partial charge in [0.1, 0.15) is 5.82 Å². The predicted molar refractivity (Wildman–Crippen MR) is 110 cm³/mol. The maximum atomic E-state index is 4.65. The molecule has 3 rings (SSSR count). The number of hydrogen-bond donors (Lipinski definition) is 2. The third-order valence-corrected chi connectivity index (χ3v) is 4.12. The third kappa shape index (κ3) is 5.31. The molecule has 0 radical (unpaired) electrons. The molecule has 0 aliphatic rings. The number of nitrogens with zero attached hydrogens (tertiary/aromatic N) is 2. The zero-order valence-electron chi connectivity index (χ0n) is 15.3. The highest BCUT2D eigenvalue weighted by Crippen LogP contribution is 2.21. The first-order valence-corrected chi connectivity index (χ1v) is 9.31. The summed E-state index contributed by atoms with van der Waals surface area (Å²) in [7, 11) is 0. The molecular weight excluding hydrogens is 320 g/mol. The van der Waals surface area contributed by atoms with Crippen LogP contribution in [-0.4, -0.2) is 23.1 Å². The fourth-order valence-corrected chi connectivity index (χ4v) is 2.76. The second kappa shape index (κ2) is 9.56. The van der Waals surface area contributed by atoms with Crippen LogP contribution in [0.3, 0.4) is 0 Å². The minimum Gasteiger partial charge on any atom is -0.370 e. The standard InChI is InChI=1S/C22H26N4/c1-2-15-24-22-25-20(19-13-7-4-8-14-19)17-21(26-22)23-16-9-12-18-10-5-3-6-11-18/h3-8,10-11,13-14,17H,2,9,12,15-16H2,1H3,(H2,23,24,25,26). The van der Waals surface area contributed by atoms with Crippen molar-refractivity contribution in [3.8, 4) is 11.3 Å². The zero-order chi connectivity index (χ0) is 18.0. The van der Waals surface area contributed by atoms with Crippen molar-refractivity contribution in [1.29, 1.82) is 0 Å². The first-order valence-electron chi connectivity index (χ1n) is 9.31. The van der Waals surface area contributed by atoms with Crippen molar-refractivity contribution in [3.63, 3.8) is 0 Å². The molecule has 0 aliphatic heterocycles. The molecule has 3 aromatic rings. The van der Waals surface area contributed by atoms with Crippen LogP contribution in [0.1, 0.15) is 25.3 Å². The summed E-state index contributed by atoms with van der Waals surface area (Å²) in [5.74, 6) is 1.55. The van der Waals surface area contributed by atoms with Crippen LogP contribution in [0.15, 0.2) is 66.7 Å². The van der Waals surface area contributed by atoms with E-state index in [9.17, 15) is 0 Å². The minimum atomic E-state index is 0.679. The maximum Gasteiger partial charge on any atom is 0.225 e. The lowest BCUT2D eigenvalue weighted by atomic mass is 10.1. The molecule has 1 aromatic heterocycles. The van der Waals surface area contributed by atoms with Gasteiger partial charge in [0.25, 0.3) is 0 Å². The van der Waals surface area contributed by atoms with Crippen LogP contribution < -0.4 is 10.6 Å². The maximum absolute atomic E-state index is 4.65. The quantitative estimate of drug-likeness (QED) is 0.535. The van der Waals surface area contributed by atoms with E-state index in [0.717, 1.165) is 49.4 Å². The molecule has 2 aromatic carbocycles. The van der Waals surface area contributed by atoms with E-state index in [4.69, 9.17) is 0 Å². The first kappa shape index (κ1) is 17.9. The molecule has 0 spiro atoms. The highest BCUT2D eigenvalue weighted by Gasteiger charge is 2.06. The van der Waals surface area contributed by atoms with E-state index in [1.807, 2.05) is 24.3 Å². The zero-order valence-corrected chi connectivity index (χ0v) is 15.3. The molecule has 0 fully saturated rings. The van der Waals surface area contributed by atoms with Crippen molar-refractivity contribution in [2.45, 2.75) is 26.2 Å². The number of benzene rings is 2. The molecule has 0 atom stereocenters. The van der Waals surface area contributed by atoms with Crippen molar-refractivity contribution in [3.05, 3.63) is 72.3 Å². The molecule has 4 heteroatoms. The molecule has 0 amide bonds. The summed E-state index contributed by atoms with van der Waals surface area (Å²) >= 11 is 0. The van der Waals surface area contributed by atoms with Gasteiger partial charge < -0.3 is 10.6 Å². The molecule has 4 nitrogen and oxygen atoms in total. The summed E-state index contributed by atoms with van der Waals surface area (Å²) in [5, 5.41) is 6.75. The fraction of sp³-hybridized carbons (Fsp3) is 0.273. The number of aromatic nitrogens is 2. The number of aryl methyl sites for hydroxylation is 1. The lowest BCUT2D eigenvalue weighted by molar-refractivity contribution is 0.857. The summed E-state index contributed by atoms with van der Waals surface area (Å²) in [5.41, 5.74) is 3.40. The minimum absolute atomic E-state index is 0.679. The van der Waals surface area contributed by atoms with E-state index >= 15 is 0 Å². The summed E-state index contributed by atoms with van der Waals surface area (Å²) in [4.78, 5) is 9.26. The largest absolute Gasteiger partial charge is 0.370 e. The molecule has 0 saturated heterocycles. The second-order valence-electron chi connectivity index (χ2n) is 6.27. The van der Waals surface area contributed by atoms with Gasteiger partial charge in [-0.1, -0.05) is 67.6 Å². The topological polar surface area (TPSA) is 49.8 Å². The Morgan fingerprint density at radius 2 is 1.54 bits per heavy atom. The summed E-state index contributed by atoms with van der Waals surface area (Å²) in [6.45, 7) is 3.88. The molecule has 134 valence electrons. The van der Waals surface area contributed by atoms with Gasteiger partial charge in [-0.25, -0.2) is 4.98 Å². The molecule has 1 heterocycles. The van der Waals surface area contributed by atoms with Crippen LogP contribution in [0.4, 0.5) is 11.8 Å². The van der Waals surface area contributed by atoms with E-state index < -0.39 is 0 Å². The predicted octanol–water partition coefficient (Wildman–Crippen LogP) is 5.01. The SMILES string of the molecule is CCCNc1nc(NCCCc2ccccc2)cc(-c2ccccc2)n1. The average molecular weight is 346 g/mol. The molecular formula is C22H26N4. The van der Waals surface area contributed by atoms with Crippen LogP contribution in [0.5, 0.6) is 0 Å². The Bertz CT molecular complexity index is 788. The van der Waals surface area contributed by atoms with Crippen molar-refractivity contribution in [2.75, 3.05) is 23.7 Å². The van der Waals surface area contributed by atoms with Crippen LogP contribution in [0.25, 0.3) is 11.3 Å². The van der Waals surface area contributed by atoms with E-state index in [0.29, 0.717) is 5.95 Å². The monoisotopic (exact) mass is 346 g/mol. The van der Waals surface area contributed by atoms with Gasteiger partial charge in [0.15, 0.2) is 0 Å². The Hall–Kier alpha value is -2.88. The first-order chi connectivity index (χ1) is 12.8. The number of anilines is 2. The third-order valence-electron chi connectivity index (χ3n) is 4.12. The van der Waals surface area contributed by atoms with Gasteiger partial charge in [0.05, 0.1) is 5.69 Å². The van der Waals surface area contributed by atoms with Gasteiger partial charge >= 0.3 is 0 Å². The Balaban J connectivity index is 1.66. The summed E-state index contributed by atoms with van der Waals surface area (Å²) in [6, 6.07) is 22.8. The van der Waals surface area contributed by atoms with Gasteiger partial charge in [-0.15, -0.1) is 0 Å². The molecule has 0 bridgehead atoms. The van der Waals surface area contributed by atoms with Crippen molar-refractivity contribution < 1.29 is 0 Å². The van der Waals surface area contributed by atoms with Gasteiger partial charge in [-0.05, 0) is 24.8 Å². The van der Waals surface area contributed by atoms with Crippen LogP contribution in [0.2, 0.25) is 0 Å².